The van der Waals surface area contributed by atoms with Crippen LogP contribution in [0.15, 0.2) is 54.9 Å². The van der Waals surface area contributed by atoms with Gasteiger partial charge in [0.25, 0.3) is 0 Å². The topological polar surface area (TPSA) is 79.3 Å². The van der Waals surface area contributed by atoms with Crippen LogP contribution in [-0.2, 0) is 16.8 Å². The molecular weight excluding hydrogens is 280 g/mol. The number of aldehydes is 1. The van der Waals surface area contributed by atoms with Crippen molar-refractivity contribution in [2.75, 3.05) is 0 Å². The molecule has 0 saturated carbocycles. The minimum absolute atomic E-state index is 0.628. The summed E-state index contributed by atoms with van der Waals surface area (Å²) in [6, 6.07) is 9.46. The number of nitrogens with zero attached hydrogens (tertiary/aromatic N) is 1. The molecule has 1 atom stereocenters. The van der Waals surface area contributed by atoms with Gasteiger partial charge in [-0.1, -0.05) is 30.4 Å². The Kier molecular flexibility index (Phi) is 3.47. The molecule has 0 saturated heterocycles. The molecule has 1 aliphatic rings. The van der Waals surface area contributed by atoms with Gasteiger partial charge < -0.3 is 10.4 Å². The van der Waals surface area contributed by atoms with E-state index in [9.17, 15) is 9.59 Å². The van der Waals surface area contributed by atoms with Crippen molar-refractivity contribution in [1.29, 1.82) is 0 Å². The number of nitrogens with one attached hydrogen (secondary N) is 1. The Labute approximate surface area is 127 Å². The van der Waals surface area contributed by atoms with Crippen LogP contribution in [0.1, 0.15) is 11.1 Å². The van der Waals surface area contributed by atoms with Crippen molar-refractivity contribution in [3.63, 3.8) is 0 Å². The number of benzene rings is 1. The van der Waals surface area contributed by atoms with Gasteiger partial charge in [-0.25, -0.2) is 4.79 Å². The predicted molar refractivity (Wildman–Crippen MR) is 81.4 cm³/mol. The van der Waals surface area contributed by atoms with E-state index >= 15 is 0 Å². The van der Waals surface area contributed by atoms with E-state index in [1.807, 2.05) is 30.3 Å². The maximum atomic E-state index is 11.6. The van der Waals surface area contributed by atoms with E-state index in [0.29, 0.717) is 18.3 Å². The number of hydrogen-bond acceptors (Lipinski definition) is 3. The normalized spacial score (nSPS) is 19.3. The highest BCUT2D eigenvalue weighted by Gasteiger charge is 2.35. The number of aromatic nitrogens is 1. The minimum Gasteiger partial charge on any atom is -0.465 e. The Morgan fingerprint density at radius 1 is 1.32 bits per heavy atom. The van der Waals surface area contributed by atoms with E-state index in [1.165, 1.54) is 0 Å². The molecule has 0 fully saturated rings. The van der Waals surface area contributed by atoms with Gasteiger partial charge in [0, 0.05) is 12.4 Å². The molecule has 110 valence electrons. The van der Waals surface area contributed by atoms with E-state index in [4.69, 9.17) is 5.11 Å². The maximum absolute atomic E-state index is 11.6. The first kappa shape index (κ1) is 14.0. The van der Waals surface area contributed by atoms with Crippen molar-refractivity contribution in [3.8, 4) is 11.1 Å². The molecule has 2 N–H and O–H groups in total. The van der Waals surface area contributed by atoms with E-state index in [1.54, 1.807) is 24.5 Å². The zero-order chi connectivity index (χ0) is 15.6. The molecule has 5 heteroatoms. The highest BCUT2D eigenvalue weighted by Crippen LogP contribution is 2.33. The first-order chi connectivity index (χ1) is 10.6. The monoisotopic (exact) mass is 294 g/mol. The lowest BCUT2D eigenvalue weighted by atomic mass is 9.81. The summed E-state index contributed by atoms with van der Waals surface area (Å²) in [5.41, 5.74) is 2.05. The van der Waals surface area contributed by atoms with Crippen LogP contribution >= 0.6 is 0 Å². The highest BCUT2D eigenvalue weighted by molar-refractivity contribution is 5.82. The summed E-state index contributed by atoms with van der Waals surface area (Å²) in [4.78, 5) is 26.8. The number of hydrogen-bond donors (Lipinski definition) is 2. The molecule has 22 heavy (non-hydrogen) atoms. The van der Waals surface area contributed by atoms with E-state index in [0.717, 1.165) is 16.7 Å². The SMILES string of the molecule is O=C[C@]1(NC(=O)O)C=CCc2ccc(-c3cccnc3)cc21. The van der Waals surface area contributed by atoms with Crippen molar-refractivity contribution in [2.45, 2.75) is 12.0 Å². The predicted octanol–water partition coefficient (Wildman–Crippen LogP) is 2.52. The molecule has 0 unspecified atom stereocenters. The fourth-order valence-electron chi connectivity index (χ4n) is 2.73. The van der Waals surface area contributed by atoms with Gasteiger partial charge >= 0.3 is 6.09 Å². The second kappa shape index (κ2) is 5.44. The third kappa shape index (κ3) is 2.37. The van der Waals surface area contributed by atoms with E-state index in [2.05, 4.69) is 10.3 Å². The van der Waals surface area contributed by atoms with Gasteiger partial charge in [-0.05, 0) is 40.8 Å². The first-order valence-corrected chi connectivity index (χ1v) is 6.83. The molecule has 1 aromatic heterocycles. The molecule has 3 rings (SSSR count). The maximum Gasteiger partial charge on any atom is 0.405 e. The summed E-state index contributed by atoms with van der Waals surface area (Å²) in [6.45, 7) is 0. The number of rotatable bonds is 3. The largest absolute Gasteiger partial charge is 0.465 e. The summed E-state index contributed by atoms with van der Waals surface area (Å²) in [6.07, 6.45) is 6.87. The van der Waals surface area contributed by atoms with E-state index < -0.39 is 11.6 Å². The lowest BCUT2D eigenvalue weighted by Gasteiger charge is -2.30. The third-order valence-corrected chi connectivity index (χ3v) is 3.77. The Bertz CT molecular complexity index is 756. The number of pyridine rings is 1. The summed E-state index contributed by atoms with van der Waals surface area (Å²) < 4.78 is 0. The third-order valence-electron chi connectivity index (χ3n) is 3.77. The number of carbonyl (C=O) groups is 2. The average molecular weight is 294 g/mol. The molecule has 1 aliphatic carbocycles. The van der Waals surface area contributed by atoms with Crippen LogP contribution in [0.2, 0.25) is 0 Å². The van der Waals surface area contributed by atoms with Crippen LogP contribution in [0.5, 0.6) is 0 Å². The minimum atomic E-state index is -1.34. The van der Waals surface area contributed by atoms with Gasteiger partial charge in [-0.3, -0.25) is 9.78 Å². The Hall–Kier alpha value is -2.95. The van der Waals surface area contributed by atoms with Crippen LogP contribution in [-0.4, -0.2) is 22.5 Å². The second-order valence-corrected chi connectivity index (χ2v) is 5.14. The molecule has 0 bridgehead atoms. The summed E-state index contributed by atoms with van der Waals surface area (Å²) in [7, 11) is 0. The van der Waals surface area contributed by atoms with Crippen LogP contribution in [0.25, 0.3) is 11.1 Å². The van der Waals surface area contributed by atoms with Gasteiger partial charge in [-0.2, -0.15) is 0 Å². The van der Waals surface area contributed by atoms with Crippen LogP contribution in [0.3, 0.4) is 0 Å². The Morgan fingerprint density at radius 3 is 2.86 bits per heavy atom. The standard InChI is InChI=1S/C17H14N2O3/c20-11-17(19-16(21)22)7-1-3-12-5-6-13(9-15(12)17)14-4-2-8-18-10-14/h1-2,4-11,19H,3H2,(H,21,22)/t17-/m1/s1. The molecule has 0 aliphatic heterocycles. The molecule has 1 aromatic carbocycles. The molecule has 2 aromatic rings. The molecular formula is C17H14N2O3. The van der Waals surface area contributed by atoms with Gasteiger partial charge in [0.2, 0.25) is 0 Å². The van der Waals surface area contributed by atoms with Crippen molar-refractivity contribution >= 4 is 12.4 Å². The number of fused-ring (bicyclic) bond motifs is 1. The lowest BCUT2D eigenvalue weighted by Crippen LogP contribution is -2.46. The number of carboxylic acid groups (broad SMARTS) is 1. The summed E-state index contributed by atoms with van der Waals surface area (Å²) >= 11 is 0. The van der Waals surface area contributed by atoms with Gasteiger partial charge in [0.1, 0.15) is 5.54 Å². The number of allylic oxidation sites excluding steroid dienone is 1. The van der Waals surface area contributed by atoms with Gasteiger partial charge in [0.05, 0.1) is 0 Å². The van der Waals surface area contributed by atoms with Gasteiger partial charge in [-0.15, -0.1) is 0 Å². The van der Waals surface area contributed by atoms with Crippen LogP contribution in [0.4, 0.5) is 4.79 Å². The number of amides is 1. The quantitative estimate of drug-likeness (QED) is 0.673. The smallest absolute Gasteiger partial charge is 0.405 e. The molecule has 0 spiro atoms. The zero-order valence-electron chi connectivity index (χ0n) is 11.7. The van der Waals surface area contributed by atoms with Crippen LogP contribution < -0.4 is 5.32 Å². The Morgan fingerprint density at radius 2 is 2.18 bits per heavy atom. The first-order valence-electron chi connectivity index (χ1n) is 6.83. The summed E-state index contributed by atoms with van der Waals surface area (Å²) in [5.74, 6) is 0. The average Bonchev–Trinajstić information content (AvgIpc) is 2.55. The Balaban J connectivity index is 2.14. The lowest BCUT2D eigenvalue weighted by molar-refractivity contribution is -0.112. The van der Waals surface area contributed by atoms with Crippen molar-refractivity contribution < 1.29 is 14.7 Å². The fraction of sp³-hybridized carbons (Fsp3) is 0.118. The van der Waals surface area contributed by atoms with Crippen LogP contribution in [0, 0.1) is 0 Å². The number of carbonyl (C=O) groups excluding carboxylic acids is 1. The van der Waals surface area contributed by atoms with Crippen molar-refractivity contribution in [1.82, 2.24) is 10.3 Å². The summed E-state index contributed by atoms with van der Waals surface area (Å²) in [5, 5.41) is 11.4. The van der Waals surface area contributed by atoms with Crippen molar-refractivity contribution in [3.05, 3.63) is 66.0 Å². The van der Waals surface area contributed by atoms with E-state index in [-0.39, 0.29) is 0 Å². The molecule has 0 radical (unpaired) electrons. The second-order valence-electron chi connectivity index (χ2n) is 5.14. The highest BCUT2D eigenvalue weighted by atomic mass is 16.4. The molecule has 5 nitrogen and oxygen atoms in total. The zero-order valence-corrected chi connectivity index (χ0v) is 11.7. The van der Waals surface area contributed by atoms with Gasteiger partial charge in [0.15, 0.2) is 6.29 Å². The van der Waals surface area contributed by atoms with Crippen molar-refractivity contribution in [2.24, 2.45) is 0 Å². The molecule has 1 heterocycles. The fourth-order valence-corrected chi connectivity index (χ4v) is 2.73. The molecule has 1 amide bonds.